The first kappa shape index (κ1) is 20.7. The molecule has 6 heteroatoms. The van der Waals surface area contributed by atoms with Crippen molar-refractivity contribution in [3.05, 3.63) is 94.6 Å². The standard InChI is InChI=1S/C25H21ClN2O3/c1-3-31-21-13-9-17(10-14-21)22-23(27-19-11-7-16(2)8-12-19)25(30)28(24(22)29)20-6-4-5-18(26)15-20/h4-15,27H,3H2,1-2H3. The van der Waals surface area contributed by atoms with Crippen molar-refractivity contribution in [2.45, 2.75) is 13.8 Å². The van der Waals surface area contributed by atoms with Gasteiger partial charge in [-0.25, -0.2) is 4.90 Å². The van der Waals surface area contributed by atoms with Gasteiger partial charge in [0.25, 0.3) is 11.8 Å². The number of nitrogens with one attached hydrogen (secondary N) is 1. The van der Waals surface area contributed by atoms with Gasteiger partial charge in [-0.2, -0.15) is 0 Å². The molecule has 1 heterocycles. The first-order chi connectivity index (χ1) is 15.0. The number of benzene rings is 3. The molecule has 0 spiro atoms. The lowest BCUT2D eigenvalue weighted by molar-refractivity contribution is -0.120. The predicted octanol–water partition coefficient (Wildman–Crippen LogP) is 5.44. The fraction of sp³-hybridized carbons (Fsp3) is 0.120. The summed E-state index contributed by atoms with van der Waals surface area (Å²) < 4.78 is 5.50. The van der Waals surface area contributed by atoms with Crippen molar-refractivity contribution >= 4 is 40.4 Å². The Kier molecular flexibility index (Phi) is 5.78. The molecule has 0 fully saturated rings. The second-order valence-corrected chi connectivity index (χ2v) is 7.56. The number of rotatable bonds is 6. The molecule has 0 aliphatic carbocycles. The third-order valence-corrected chi connectivity index (χ3v) is 5.16. The van der Waals surface area contributed by atoms with E-state index in [4.69, 9.17) is 16.3 Å². The molecule has 1 aliphatic heterocycles. The summed E-state index contributed by atoms with van der Waals surface area (Å²) in [6, 6.07) is 21.5. The first-order valence-electron chi connectivity index (χ1n) is 9.93. The van der Waals surface area contributed by atoms with Gasteiger partial charge < -0.3 is 10.1 Å². The molecule has 156 valence electrons. The second-order valence-electron chi connectivity index (χ2n) is 7.12. The average Bonchev–Trinajstić information content (AvgIpc) is 3.00. The van der Waals surface area contributed by atoms with Crippen molar-refractivity contribution in [2.75, 3.05) is 16.8 Å². The SMILES string of the molecule is CCOc1ccc(C2=C(Nc3ccc(C)cc3)C(=O)N(c3cccc(Cl)c3)C2=O)cc1. The fourth-order valence-corrected chi connectivity index (χ4v) is 3.61. The van der Waals surface area contributed by atoms with Gasteiger partial charge in [0, 0.05) is 10.7 Å². The van der Waals surface area contributed by atoms with Gasteiger partial charge in [0.1, 0.15) is 11.4 Å². The number of imide groups is 1. The van der Waals surface area contributed by atoms with Crippen LogP contribution in [0.1, 0.15) is 18.1 Å². The smallest absolute Gasteiger partial charge is 0.282 e. The normalized spacial score (nSPS) is 13.7. The number of anilines is 2. The number of aryl methyl sites for hydroxylation is 1. The Morgan fingerprint density at radius 2 is 1.65 bits per heavy atom. The van der Waals surface area contributed by atoms with Crippen LogP contribution in [0.25, 0.3) is 5.57 Å². The first-order valence-corrected chi connectivity index (χ1v) is 10.3. The average molecular weight is 433 g/mol. The third-order valence-electron chi connectivity index (χ3n) is 4.93. The summed E-state index contributed by atoms with van der Waals surface area (Å²) in [5.74, 6) is -0.147. The van der Waals surface area contributed by atoms with E-state index in [-0.39, 0.29) is 5.70 Å². The van der Waals surface area contributed by atoms with Crippen LogP contribution in [0.5, 0.6) is 5.75 Å². The summed E-state index contributed by atoms with van der Waals surface area (Å²) in [6.07, 6.45) is 0. The topological polar surface area (TPSA) is 58.6 Å². The highest BCUT2D eigenvalue weighted by Gasteiger charge is 2.40. The molecule has 0 unspecified atom stereocenters. The molecule has 0 bridgehead atoms. The highest BCUT2D eigenvalue weighted by Crippen LogP contribution is 2.35. The summed E-state index contributed by atoms with van der Waals surface area (Å²) in [4.78, 5) is 27.9. The van der Waals surface area contributed by atoms with Gasteiger partial charge >= 0.3 is 0 Å². The lowest BCUT2D eigenvalue weighted by atomic mass is 10.0. The molecule has 2 amide bonds. The Balaban J connectivity index is 1.79. The van der Waals surface area contributed by atoms with Crippen LogP contribution in [0.4, 0.5) is 11.4 Å². The fourth-order valence-electron chi connectivity index (χ4n) is 3.43. The molecular formula is C25H21ClN2O3. The van der Waals surface area contributed by atoms with Crippen LogP contribution < -0.4 is 15.0 Å². The minimum Gasteiger partial charge on any atom is -0.494 e. The van der Waals surface area contributed by atoms with E-state index in [1.165, 1.54) is 0 Å². The maximum absolute atomic E-state index is 13.4. The Morgan fingerprint density at radius 1 is 0.935 bits per heavy atom. The van der Waals surface area contributed by atoms with Crippen molar-refractivity contribution in [3.8, 4) is 5.75 Å². The molecular weight excluding hydrogens is 412 g/mol. The van der Waals surface area contributed by atoms with Crippen molar-refractivity contribution in [1.29, 1.82) is 0 Å². The van der Waals surface area contributed by atoms with E-state index in [0.29, 0.717) is 34.2 Å². The number of hydrogen-bond donors (Lipinski definition) is 1. The third kappa shape index (κ3) is 4.18. The van der Waals surface area contributed by atoms with Crippen LogP contribution in [0, 0.1) is 6.92 Å². The van der Waals surface area contributed by atoms with Gasteiger partial charge in [-0.3, -0.25) is 9.59 Å². The zero-order valence-corrected chi connectivity index (χ0v) is 17.9. The number of carbonyl (C=O) groups excluding carboxylic acids is 2. The summed E-state index contributed by atoms with van der Waals surface area (Å²) in [6.45, 7) is 4.43. The van der Waals surface area contributed by atoms with Gasteiger partial charge in [-0.05, 0) is 61.9 Å². The van der Waals surface area contributed by atoms with Gasteiger partial charge in [0.05, 0.1) is 17.9 Å². The van der Waals surface area contributed by atoms with Crippen molar-refractivity contribution in [2.24, 2.45) is 0 Å². The number of amides is 2. The highest BCUT2D eigenvalue weighted by atomic mass is 35.5. The number of nitrogens with zero attached hydrogens (tertiary/aromatic N) is 1. The minimum absolute atomic E-state index is 0.220. The lowest BCUT2D eigenvalue weighted by Crippen LogP contribution is -2.32. The molecule has 0 atom stereocenters. The van der Waals surface area contributed by atoms with Crippen molar-refractivity contribution in [3.63, 3.8) is 0 Å². The molecule has 31 heavy (non-hydrogen) atoms. The number of halogens is 1. The Bertz CT molecular complexity index is 1170. The van der Waals surface area contributed by atoms with E-state index >= 15 is 0 Å². The van der Waals surface area contributed by atoms with E-state index in [0.717, 1.165) is 16.2 Å². The largest absolute Gasteiger partial charge is 0.494 e. The zero-order chi connectivity index (χ0) is 22.0. The van der Waals surface area contributed by atoms with Crippen LogP contribution in [-0.4, -0.2) is 18.4 Å². The molecule has 0 radical (unpaired) electrons. The van der Waals surface area contributed by atoms with Gasteiger partial charge in [0.15, 0.2) is 0 Å². The second kappa shape index (κ2) is 8.66. The summed E-state index contributed by atoms with van der Waals surface area (Å²) in [7, 11) is 0. The maximum atomic E-state index is 13.4. The monoisotopic (exact) mass is 432 g/mol. The van der Waals surface area contributed by atoms with Gasteiger partial charge in [-0.15, -0.1) is 0 Å². The van der Waals surface area contributed by atoms with Crippen LogP contribution >= 0.6 is 11.6 Å². The van der Waals surface area contributed by atoms with E-state index in [1.54, 1.807) is 48.5 Å². The summed E-state index contributed by atoms with van der Waals surface area (Å²) in [5.41, 5.74) is 3.39. The molecule has 3 aromatic rings. The Morgan fingerprint density at radius 3 is 2.29 bits per heavy atom. The quantitative estimate of drug-likeness (QED) is 0.526. The van der Waals surface area contributed by atoms with Gasteiger partial charge in [0.2, 0.25) is 0 Å². The minimum atomic E-state index is -0.434. The molecule has 4 rings (SSSR count). The van der Waals surface area contributed by atoms with E-state index in [9.17, 15) is 9.59 Å². The predicted molar refractivity (Wildman–Crippen MR) is 123 cm³/mol. The molecule has 0 saturated heterocycles. The van der Waals surface area contributed by atoms with Crippen LogP contribution in [0.3, 0.4) is 0 Å². The van der Waals surface area contributed by atoms with E-state index < -0.39 is 11.8 Å². The molecule has 3 aromatic carbocycles. The Hall–Kier alpha value is -3.57. The van der Waals surface area contributed by atoms with E-state index in [2.05, 4.69) is 5.32 Å². The number of ether oxygens (including phenoxy) is 1. The summed E-state index contributed by atoms with van der Waals surface area (Å²) in [5, 5.41) is 3.60. The zero-order valence-electron chi connectivity index (χ0n) is 17.2. The maximum Gasteiger partial charge on any atom is 0.282 e. The molecule has 0 saturated carbocycles. The lowest BCUT2D eigenvalue weighted by Gasteiger charge is -2.15. The molecule has 1 aliphatic rings. The van der Waals surface area contributed by atoms with E-state index in [1.807, 2.05) is 38.1 Å². The van der Waals surface area contributed by atoms with Crippen LogP contribution in [0.15, 0.2) is 78.5 Å². The van der Waals surface area contributed by atoms with Crippen molar-refractivity contribution < 1.29 is 14.3 Å². The highest BCUT2D eigenvalue weighted by molar-refractivity contribution is 6.46. The number of hydrogen-bond acceptors (Lipinski definition) is 4. The van der Waals surface area contributed by atoms with Crippen LogP contribution in [-0.2, 0) is 9.59 Å². The van der Waals surface area contributed by atoms with Gasteiger partial charge in [-0.1, -0.05) is 47.5 Å². The van der Waals surface area contributed by atoms with Crippen LogP contribution in [0.2, 0.25) is 5.02 Å². The summed E-state index contributed by atoms with van der Waals surface area (Å²) >= 11 is 6.11. The molecule has 5 nitrogen and oxygen atoms in total. The number of carbonyl (C=O) groups is 2. The molecule has 0 aromatic heterocycles. The molecule has 1 N–H and O–H groups in total. The van der Waals surface area contributed by atoms with Crippen molar-refractivity contribution in [1.82, 2.24) is 0 Å². The Labute approximate surface area is 185 Å².